The Labute approximate surface area is 188 Å². The maximum Gasteiger partial charge on any atom is 0.287 e. The van der Waals surface area contributed by atoms with Crippen molar-refractivity contribution in [2.24, 2.45) is 5.73 Å². The Morgan fingerprint density at radius 3 is 2.67 bits per heavy atom. The van der Waals surface area contributed by atoms with E-state index < -0.39 is 42.0 Å². The van der Waals surface area contributed by atoms with Crippen LogP contribution in [0.15, 0.2) is 64.9 Å². The van der Waals surface area contributed by atoms with Crippen LogP contribution in [0.5, 0.6) is 0 Å². The van der Waals surface area contributed by atoms with Crippen molar-refractivity contribution in [1.82, 2.24) is 15.6 Å². The first kappa shape index (κ1) is 22.3. The van der Waals surface area contributed by atoms with Crippen LogP contribution in [0.3, 0.4) is 0 Å². The predicted octanol–water partition coefficient (Wildman–Crippen LogP) is 0.124. The van der Waals surface area contributed by atoms with Crippen LogP contribution in [-0.4, -0.2) is 57.2 Å². The van der Waals surface area contributed by atoms with Gasteiger partial charge in [0.2, 0.25) is 11.8 Å². The number of carbonyl (C=O) groups excluding carboxylic acids is 3. The van der Waals surface area contributed by atoms with Crippen LogP contribution in [0.2, 0.25) is 0 Å². The van der Waals surface area contributed by atoms with Crippen molar-refractivity contribution in [3.05, 3.63) is 71.8 Å². The molecule has 4 rings (SSSR count). The number of aromatic nitrogens is 1. The minimum Gasteiger partial charge on any atom is -0.459 e. The lowest BCUT2D eigenvalue weighted by atomic mass is 9.89. The second-order valence-electron chi connectivity index (χ2n) is 7.92. The highest BCUT2D eigenvalue weighted by Gasteiger charge is 2.35. The third kappa shape index (κ3) is 4.81. The lowest BCUT2D eigenvalue weighted by Crippen LogP contribution is -2.52. The number of aliphatic hydroxyl groups is 2. The summed E-state index contributed by atoms with van der Waals surface area (Å²) in [6, 6.07) is 8.49. The van der Waals surface area contributed by atoms with Crippen molar-refractivity contribution >= 4 is 28.6 Å². The third-order valence-corrected chi connectivity index (χ3v) is 5.65. The van der Waals surface area contributed by atoms with Crippen molar-refractivity contribution in [2.45, 2.75) is 37.1 Å². The average Bonchev–Trinajstić information content (AvgIpc) is 3.47. The van der Waals surface area contributed by atoms with E-state index in [2.05, 4.69) is 15.6 Å². The molecule has 2 heterocycles. The monoisotopic (exact) mass is 452 g/mol. The summed E-state index contributed by atoms with van der Waals surface area (Å²) in [5.74, 6) is -1.92. The van der Waals surface area contributed by atoms with E-state index in [1.807, 2.05) is 24.3 Å². The molecule has 172 valence electrons. The van der Waals surface area contributed by atoms with E-state index in [0.717, 1.165) is 16.5 Å². The number of carbonyl (C=O) groups is 3. The van der Waals surface area contributed by atoms with Gasteiger partial charge < -0.3 is 36.0 Å². The number of hydrogen-bond donors (Lipinski definition) is 6. The summed E-state index contributed by atoms with van der Waals surface area (Å²) in [6.45, 7) is 0. The molecule has 0 saturated heterocycles. The molecule has 3 amide bonds. The normalized spacial score (nSPS) is 21.3. The zero-order valence-corrected chi connectivity index (χ0v) is 17.5. The van der Waals surface area contributed by atoms with Gasteiger partial charge in [0, 0.05) is 35.5 Å². The topological polar surface area (TPSA) is 171 Å². The Morgan fingerprint density at radius 1 is 1.15 bits per heavy atom. The number of aromatic amines is 1. The highest BCUT2D eigenvalue weighted by Crippen LogP contribution is 2.22. The zero-order valence-electron chi connectivity index (χ0n) is 17.5. The van der Waals surface area contributed by atoms with Crippen molar-refractivity contribution in [3.8, 4) is 0 Å². The van der Waals surface area contributed by atoms with Crippen LogP contribution < -0.4 is 16.4 Å². The van der Waals surface area contributed by atoms with E-state index in [1.54, 1.807) is 6.20 Å². The number of fused-ring (bicyclic) bond motifs is 1. The average molecular weight is 452 g/mol. The molecular weight excluding hydrogens is 428 g/mol. The van der Waals surface area contributed by atoms with Crippen molar-refractivity contribution in [1.29, 1.82) is 0 Å². The molecule has 33 heavy (non-hydrogen) atoms. The van der Waals surface area contributed by atoms with Crippen LogP contribution in [0, 0.1) is 0 Å². The molecule has 4 unspecified atom stereocenters. The summed E-state index contributed by atoms with van der Waals surface area (Å²) in [4.78, 5) is 40.3. The highest BCUT2D eigenvalue weighted by atomic mass is 16.3. The Morgan fingerprint density at radius 2 is 1.94 bits per heavy atom. The molecule has 1 aromatic carbocycles. The largest absolute Gasteiger partial charge is 0.459 e. The first-order chi connectivity index (χ1) is 15.8. The Bertz CT molecular complexity index is 1200. The van der Waals surface area contributed by atoms with Crippen LogP contribution in [0.4, 0.5) is 0 Å². The lowest BCUT2D eigenvalue weighted by molar-refractivity contribution is -0.125. The number of aliphatic hydroxyl groups excluding tert-OH is 2. The fraction of sp³-hybridized carbons (Fsp3) is 0.261. The summed E-state index contributed by atoms with van der Waals surface area (Å²) in [6.07, 6.45) is 1.84. The molecular formula is C23H24N4O6. The minimum absolute atomic E-state index is 0.0224. The zero-order chi connectivity index (χ0) is 23.5. The maximum absolute atomic E-state index is 12.9. The molecule has 7 N–H and O–H groups in total. The molecule has 4 atom stereocenters. The second-order valence-corrected chi connectivity index (χ2v) is 7.92. The Kier molecular flexibility index (Phi) is 6.29. The Hall–Kier alpha value is -3.89. The number of furan rings is 1. The van der Waals surface area contributed by atoms with Crippen molar-refractivity contribution < 1.29 is 29.0 Å². The molecule has 0 saturated carbocycles. The number of para-hydroxylation sites is 1. The van der Waals surface area contributed by atoms with Gasteiger partial charge in [0.15, 0.2) is 5.76 Å². The van der Waals surface area contributed by atoms with E-state index in [-0.39, 0.29) is 24.2 Å². The summed E-state index contributed by atoms with van der Waals surface area (Å²) in [5, 5.41) is 26.6. The van der Waals surface area contributed by atoms with E-state index in [4.69, 9.17) is 10.2 Å². The number of primary amides is 1. The maximum atomic E-state index is 12.9. The van der Waals surface area contributed by atoms with E-state index in [0.29, 0.717) is 0 Å². The van der Waals surface area contributed by atoms with Gasteiger partial charge in [-0.2, -0.15) is 0 Å². The number of nitrogens with two attached hydrogens (primary N) is 1. The quantitative estimate of drug-likeness (QED) is 0.297. The minimum atomic E-state index is -1.32. The van der Waals surface area contributed by atoms with Gasteiger partial charge >= 0.3 is 0 Å². The van der Waals surface area contributed by atoms with Gasteiger partial charge in [0.1, 0.15) is 12.1 Å². The molecule has 0 spiro atoms. The molecule has 0 fully saturated rings. The number of benzene rings is 1. The molecule has 0 radical (unpaired) electrons. The SMILES string of the molecule is NC(=O)C(Cc1c[nH]c2ccccc12)NC(=O)C1=CC(NC(=O)c2ccco2)C(O)C(O)C1. The van der Waals surface area contributed by atoms with Crippen molar-refractivity contribution in [3.63, 3.8) is 0 Å². The molecule has 3 aromatic rings. The number of nitrogens with one attached hydrogen (secondary N) is 3. The molecule has 1 aliphatic carbocycles. The molecule has 1 aliphatic rings. The third-order valence-electron chi connectivity index (χ3n) is 5.65. The van der Waals surface area contributed by atoms with Crippen LogP contribution in [-0.2, 0) is 16.0 Å². The standard InChI is InChI=1S/C23H24N4O6/c24-21(30)17(9-13-11-25-15-5-2-1-4-14(13)15)27-22(31)12-8-16(20(29)18(28)10-12)26-23(32)19-6-3-7-33-19/h1-8,11,16-18,20,25,28-29H,9-10H2,(H2,24,30)(H,26,32)(H,27,31). The van der Waals surface area contributed by atoms with Gasteiger partial charge in [0.25, 0.3) is 5.91 Å². The molecule has 10 heteroatoms. The van der Waals surface area contributed by atoms with Crippen LogP contribution in [0.1, 0.15) is 22.5 Å². The highest BCUT2D eigenvalue weighted by molar-refractivity contribution is 5.98. The smallest absolute Gasteiger partial charge is 0.287 e. The number of rotatable bonds is 7. The van der Waals surface area contributed by atoms with Gasteiger partial charge in [-0.15, -0.1) is 0 Å². The second kappa shape index (κ2) is 9.31. The molecule has 2 aromatic heterocycles. The molecule has 0 aliphatic heterocycles. The van der Waals surface area contributed by atoms with Gasteiger partial charge in [-0.1, -0.05) is 24.3 Å². The van der Waals surface area contributed by atoms with Gasteiger partial charge in [-0.05, 0) is 23.8 Å². The van der Waals surface area contributed by atoms with E-state index in [1.165, 1.54) is 24.5 Å². The van der Waals surface area contributed by atoms with Crippen LogP contribution in [0.25, 0.3) is 10.9 Å². The number of H-pyrrole nitrogens is 1. The first-order valence-electron chi connectivity index (χ1n) is 10.4. The predicted molar refractivity (Wildman–Crippen MR) is 118 cm³/mol. The summed E-state index contributed by atoms with van der Waals surface area (Å²) in [5.41, 5.74) is 7.35. The molecule has 0 bridgehead atoms. The summed E-state index contributed by atoms with van der Waals surface area (Å²) >= 11 is 0. The fourth-order valence-electron chi connectivity index (χ4n) is 3.89. The van der Waals surface area contributed by atoms with E-state index >= 15 is 0 Å². The van der Waals surface area contributed by atoms with Gasteiger partial charge in [-0.25, -0.2) is 0 Å². The Balaban J connectivity index is 1.49. The van der Waals surface area contributed by atoms with Gasteiger partial charge in [-0.3, -0.25) is 14.4 Å². The van der Waals surface area contributed by atoms with Crippen molar-refractivity contribution in [2.75, 3.05) is 0 Å². The summed E-state index contributed by atoms with van der Waals surface area (Å²) in [7, 11) is 0. The lowest BCUT2D eigenvalue weighted by Gasteiger charge is -2.31. The fourth-order valence-corrected chi connectivity index (χ4v) is 3.89. The van der Waals surface area contributed by atoms with Gasteiger partial charge in [0.05, 0.1) is 18.4 Å². The van der Waals surface area contributed by atoms with E-state index in [9.17, 15) is 24.6 Å². The number of amides is 3. The summed E-state index contributed by atoms with van der Waals surface area (Å²) < 4.78 is 5.02. The van der Waals surface area contributed by atoms with Crippen LogP contribution >= 0.6 is 0 Å². The molecule has 10 nitrogen and oxygen atoms in total. The first-order valence-corrected chi connectivity index (χ1v) is 10.4. The number of hydrogen-bond acceptors (Lipinski definition) is 6.